The van der Waals surface area contributed by atoms with Crippen LogP contribution in [0.3, 0.4) is 0 Å². The highest BCUT2D eigenvalue weighted by molar-refractivity contribution is 7.14. The number of benzene rings is 1. The Kier molecular flexibility index (Phi) is 6.41. The van der Waals surface area contributed by atoms with Crippen LogP contribution in [0.5, 0.6) is 5.75 Å². The quantitative estimate of drug-likeness (QED) is 0.348. The summed E-state index contributed by atoms with van der Waals surface area (Å²) in [6.07, 6.45) is 1.81. The molecule has 0 spiro atoms. The van der Waals surface area contributed by atoms with Gasteiger partial charge in [-0.1, -0.05) is 11.6 Å². The van der Waals surface area contributed by atoms with Crippen LogP contribution in [0.25, 0.3) is 11.3 Å². The second-order valence-electron chi connectivity index (χ2n) is 6.97. The zero-order valence-corrected chi connectivity index (χ0v) is 19.7. The third-order valence-electron chi connectivity index (χ3n) is 4.82. The number of rotatable bonds is 7. The van der Waals surface area contributed by atoms with Crippen LogP contribution in [-0.4, -0.2) is 20.7 Å². The molecule has 1 aromatic carbocycles. The maximum Gasteiger partial charge on any atom is 0.267 e. The Balaban J connectivity index is 1.38. The summed E-state index contributed by atoms with van der Waals surface area (Å²) < 4.78 is 7.74. The van der Waals surface area contributed by atoms with Crippen molar-refractivity contribution in [2.45, 2.75) is 33.9 Å². The molecule has 3 aromatic heterocycles. The Morgan fingerprint density at radius 2 is 2.06 bits per heavy atom. The van der Waals surface area contributed by atoms with Crippen molar-refractivity contribution >= 4 is 45.3 Å². The summed E-state index contributed by atoms with van der Waals surface area (Å²) >= 11 is 8.83. The minimum absolute atomic E-state index is 0.180. The molecule has 4 aromatic rings. The lowest BCUT2D eigenvalue weighted by molar-refractivity contribution is 0.103. The summed E-state index contributed by atoms with van der Waals surface area (Å²) in [4.78, 5) is 17.8. The fraction of sp³-hybridized carbons (Fsp3) is 0.227. The first kappa shape index (κ1) is 21.5. The van der Waals surface area contributed by atoms with E-state index in [0.29, 0.717) is 21.6 Å². The van der Waals surface area contributed by atoms with Crippen LogP contribution in [0, 0.1) is 13.8 Å². The highest BCUT2D eigenvalue weighted by atomic mass is 35.5. The molecule has 0 aliphatic rings. The van der Waals surface area contributed by atoms with Crippen molar-refractivity contribution in [2.75, 3.05) is 5.32 Å². The molecule has 1 N–H and O–H groups in total. The lowest BCUT2D eigenvalue weighted by Gasteiger charge is -2.06. The van der Waals surface area contributed by atoms with Gasteiger partial charge in [0.2, 0.25) is 0 Å². The van der Waals surface area contributed by atoms with E-state index in [4.69, 9.17) is 16.3 Å². The van der Waals surface area contributed by atoms with E-state index in [1.807, 2.05) is 66.7 Å². The number of anilines is 1. The third kappa shape index (κ3) is 4.81. The van der Waals surface area contributed by atoms with Crippen LogP contribution < -0.4 is 10.1 Å². The van der Waals surface area contributed by atoms with Crippen LogP contribution in [0.1, 0.15) is 33.4 Å². The van der Waals surface area contributed by atoms with Gasteiger partial charge < -0.3 is 4.74 Å². The van der Waals surface area contributed by atoms with E-state index >= 15 is 0 Å². The van der Waals surface area contributed by atoms with Gasteiger partial charge in [0.25, 0.3) is 5.91 Å². The molecule has 9 heteroatoms. The summed E-state index contributed by atoms with van der Waals surface area (Å²) in [5, 5.41) is 12.4. The lowest BCUT2D eigenvalue weighted by Crippen LogP contribution is -2.09. The number of hydrogen-bond donors (Lipinski definition) is 1. The van der Waals surface area contributed by atoms with Crippen LogP contribution in [0.4, 0.5) is 5.13 Å². The highest BCUT2D eigenvalue weighted by Gasteiger charge is 2.15. The van der Waals surface area contributed by atoms with E-state index in [9.17, 15) is 4.79 Å². The molecule has 0 radical (unpaired) electrons. The fourth-order valence-electron chi connectivity index (χ4n) is 3.07. The van der Waals surface area contributed by atoms with E-state index in [-0.39, 0.29) is 5.91 Å². The fourth-order valence-corrected chi connectivity index (χ4v) is 4.69. The monoisotopic (exact) mass is 472 g/mol. The van der Waals surface area contributed by atoms with Gasteiger partial charge in [0.05, 0.1) is 16.8 Å². The summed E-state index contributed by atoms with van der Waals surface area (Å²) in [5.41, 5.74) is 4.75. The van der Waals surface area contributed by atoms with E-state index < -0.39 is 0 Å². The molecule has 0 saturated carbocycles. The highest BCUT2D eigenvalue weighted by Crippen LogP contribution is 2.28. The molecule has 0 fully saturated rings. The standard InChI is InChI=1S/C22H21ClN4O2S2/c1-4-27-14(3)17(9-24-27)19-12-31-22(25-19)26-21(28)20-8-15(11-30-20)10-29-16-5-6-18(23)13(2)7-16/h5-9,11-12H,4,10H2,1-3H3,(H,25,26,28). The number of nitrogens with zero attached hydrogens (tertiary/aromatic N) is 3. The molecule has 0 aliphatic carbocycles. The minimum Gasteiger partial charge on any atom is -0.489 e. The maximum absolute atomic E-state index is 12.6. The maximum atomic E-state index is 12.6. The lowest BCUT2D eigenvalue weighted by atomic mass is 10.2. The van der Waals surface area contributed by atoms with E-state index in [1.165, 1.54) is 22.7 Å². The first-order valence-electron chi connectivity index (χ1n) is 9.70. The van der Waals surface area contributed by atoms with Gasteiger partial charge in [-0.05, 0) is 56.0 Å². The number of amides is 1. The Morgan fingerprint density at radius 1 is 1.23 bits per heavy atom. The molecule has 160 valence electrons. The van der Waals surface area contributed by atoms with Crippen LogP contribution in [0.2, 0.25) is 5.02 Å². The predicted molar refractivity (Wildman–Crippen MR) is 127 cm³/mol. The van der Waals surface area contributed by atoms with E-state index in [2.05, 4.69) is 15.4 Å². The van der Waals surface area contributed by atoms with Crippen LogP contribution in [-0.2, 0) is 13.2 Å². The molecule has 0 unspecified atom stereocenters. The number of aromatic nitrogens is 3. The largest absolute Gasteiger partial charge is 0.489 e. The molecular formula is C22H21ClN4O2S2. The van der Waals surface area contributed by atoms with Gasteiger partial charge in [-0.3, -0.25) is 14.8 Å². The summed E-state index contributed by atoms with van der Waals surface area (Å²) in [6, 6.07) is 7.39. The topological polar surface area (TPSA) is 69.0 Å². The second kappa shape index (κ2) is 9.21. The number of hydrogen-bond acceptors (Lipinski definition) is 6. The van der Waals surface area contributed by atoms with Gasteiger partial charge >= 0.3 is 0 Å². The second-order valence-corrected chi connectivity index (χ2v) is 9.15. The normalized spacial score (nSPS) is 11.0. The average molecular weight is 473 g/mol. The number of nitrogens with one attached hydrogen (secondary N) is 1. The zero-order chi connectivity index (χ0) is 22.0. The number of ether oxygens (including phenoxy) is 1. The van der Waals surface area contributed by atoms with Crippen molar-refractivity contribution < 1.29 is 9.53 Å². The van der Waals surface area contributed by atoms with Gasteiger partial charge in [-0.2, -0.15) is 5.10 Å². The zero-order valence-electron chi connectivity index (χ0n) is 17.3. The smallest absolute Gasteiger partial charge is 0.267 e. The molecule has 4 rings (SSSR count). The molecular weight excluding hydrogens is 452 g/mol. The van der Waals surface area contributed by atoms with Crippen molar-refractivity contribution in [3.63, 3.8) is 0 Å². The Bertz CT molecular complexity index is 1230. The number of carbonyl (C=O) groups is 1. The molecule has 31 heavy (non-hydrogen) atoms. The number of thiophene rings is 1. The molecule has 0 bridgehead atoms. The number of carbonyl (C=O) groups excluding carboxylic acids is 1. The van der Waals surface area contributed by atoms with Crippen LogP contribution in [0.15, 0.2) is 41.2 Å². The van der Waals surface area contributed by atoms with Gasteiger partial charge in [-0.15, -0.1) is 22.7 Å². The van der Waals surface area contributed by atoms with Crippen molar-refractivity contribution in [3.05, 3.63) is 67.9 Å². The van der Waals surface area contributed by atoms with Gasteiger partial charge in [0.1, 0.15) is 12.4 Å². The summed E-state index contributed by atoms with van der Waals surface area (Å²) in [5.74, 6) is 0.566. The average Bonchev–Trinajstić information content (AvgIpc) is 3.48. The molecule has 0 saturated heterocycles. The number of aryl methyl sites for hydroxylation is 2. The van der Waals surface area contributed by atoms with Gasteiger partial charge in [-0.25, -0.2) is 4.98 Å². The van der Waals surface area contributed by atoms with E-state index in [1.54, 1.807) is 0 Å². The summed E-state index contributed by atoms with van der Waals surface area (Å²) in [6.45, 7) is 7.19. The number of halogens is 1. The van der Waals surface area contributed by atoms with Crippen molar-refractivity contribution in [2.24, 2.45) is 0 Å². The first-order chi connectivity index (χ1) is 14.9. The first-order valence-corrected chi connectivity index (χ1v) is 11.8. The van der Waals surface area contributed by atoms with Crippen molar-refractivity contribution in [1.82, 2.24) is 14.8 Å². The minimum atomic E-state index is -0.180. The van der Waals surface area contributed by atoms with Crippen molar-refractivity contribution in [3.8, 4) is 17.0 Å². The van der Waals surface area contributed by atoms with Crippen LogP contribution >= 0.6 is 34.3 Å². The Morgan fingerprint density at radius 3 is 2.81 bits per heavy atom. The van der Waals surface area contributed by atoms with Gasteiger partial charge in [0.15, 0.2) is 5.13 Å². The SMILES string of the molecule is CCn1ncc(-c2csc(NC(=O)c3cc(COc4ccc(Cl)c(C)c4)cs3)n2)c1C. The van der Waals surface area contributed by atoms with Gasteiger partial charge in [0, 0.05) is 33.8 Å². The number of thiazole rings is 1. The predicted octanol–water partition coefficient (Wildman–Crippen LogP) is 6.19. The third-order valence-corrected chi connectivity index (χ3v) is 6.98. The molecule has 1 amide bonds. The van der Waals surface area contributed by atoms with E-state index in [0.717, 1.165) is 40.4 Å². The Labute approximate surface area is 193 Å². The molecule has 6 nitrogen and oxygen atoms in total. The molecule has 0 aliphatic heterocycles. The van der Waals surface area contributed by atoms with Crippen molar-refractivity contribution in [1.29, 1.82) is 0 Å². The molecule has 3 heterocycles. The summed E-state index contributed by atoms with van der Waals surface area (Å²) in [7, 11) is 0. The molecule has 0 atom stereocenters. The Hall–Kier alpha value is -2.68.